The number of rotatable bonds is 7. The van der Waals surface area contributed by atoms with Crippen LogP contribution in [0.3, 0.4) is 0 Å². The van der Waals surface area contributed by atoms with E-state index in [1.807, 2.05) is 0 Å². The summed E-state index contributed by atoms with van der Waals surface area (Å²) in [4.78, 5) is 17.1. The van der Waals surface area contributed by atoms with Gasteiger partial charge in [-0.25, -0.2) is 4.39 Å². The van der Waals surface area contributed by atoms with Gasteiger partial charge in [-0.15, -0.1) is 0 Å². The zero-order valence-corrected chi connectivity index (χ0v) is 15.1. The van der Waals surface area contributed by atoms with Crippen molar-refractivity contribution in [2.75, 3.05) is 26.2 Å². The van der Waals surface area contributed by atoms with Crippen molar-refractivity contribution >= 4 is 40.3 Å². The number of nitrogens with zero attached hydrogens (tertiary/aromatic N) is 2. The Morgan fingerprint density at radius 1 is 1.26 bits per heavy atom. The maximum Gasteiger partial charge on any atom is 0.266 e. The first-order valence-corrected chi connectivity index (χ1v) is 9.01. The lowest BCUT2D eigenvalue weighted by Crippen LogP contribution is -2.32. The fraction of sp³-hybridized carbons (Fsp3) is 0.412. The van der Waals surface area contributed by atoms with E-state index in [1.54, 1.807) is 23.1 Å². The van der Waals surface area contributed by atoms with E-state index >= 15 is 0 Å². The summed E-state index contributed by atoms with van der Waals surface area (Å²) in [5.74, 6) is -0.338. The molecule has 3 nitrogen and oxygen atoms in total. The molecule has 0 atom stereocenters. The predicted octanol–water partition coefficient (Wildman–Crippen LogP) is 3.76. The Kier molecular flexibility index (Phi) is 6.74. The molecule has 1 aliphatic heterocycles. The predicted molar refractivity (Wildman–Crippen MR) is 98.7 cm³/mol. The van der Waals surface area contributed by atoms with Crippen LogP contribution in [0.25, 0.3) is 6.08 Å². The van der Waals surface area contributed by atoms with Crippen LogP contribution in [-0.4, -0.2) is 46.2 Å². The Morgan fingerprint density at radius 3 is 2.52 bits per heavy atom. The molecule has 0 aliphatic carbocycles. The highest BCUT2D eigenvalue weighted by molar-refractivity contribution is 8.26. The highest BCUT2D eigenvalue weighted by Gasteiger charge is 2.31. The Morgan fingerprint density at radius 2 is 1.91 bits per heavy atom. The molecule has 6 heteroatoms. The normalized spacial score (nSPS) is 16.9. The molecular formula is C17H21FN2OS2. The summed E-state index contributed by atoms with van der Waals surface area (Å²) in [5.41, 5.74) is 0.801. The first kappa shape index (κ1) is 18.1. The molecule has 0 N–H and O–H groups in total. The molecule has 0 aromatic heterocycles. The second-order valence-corrected chi connectivity index (χ2v) is 6.94. The summed E-state index contributed by atoms with van der Waals surface area (Å²) in [6.07, 6.45) is 2.67. The molecule has 23 heavy (non-hydrogen) atoms. The van der Waals surface area contributed by atoms with Gasteiger partial charge in [-0.05, 0) is 49.8 Å². The zero-order valence-electron chi connectivity index (χ0n) is 13.4. The summed E-state index contributed by atoms with van der Waals surface area (Å²) >= 11 is 6.63. The molecule has 2 rings (SSSR count). The number of benzene rings is 1. The van der Waals surface area contributed by atoms with Gasteiger partial charge in [-0.2, -0.15) is 0 Å². The third-order valence-corrected chi connectivity index (χ3v) is 5.17. The molecule has 0 radical (unpaired) electrons. The zero-order chi connectivity index (χ0) is 16.8. The van der Waals surface area contributed by atoms with Crippen LogP contribution in [-0.2, 0) is 4.79 Å². The van der Waals surface area contributed by atoms with E-state index in [2.05, 4.69) is 18.7 Å². The standard InChI is InChI=1S/C17H21FN2OS2/c1-3-19(4-2)10-5-11-20-16(21)15(23-17(20)22)12-13-6-8-14(18)9-7-13/h6-9,12H,3-5,10-11H2,1-2H3/b15-12-. The molecule has 124 valence electrons. The van der Waals surface area contributed by atoms with Gasteiger partial charge in [0.2, 0.25) is 0 Å². The molecule has 1 saturated heterocycles. The van der Waals surface area contributed by atoms with Crippen LogP contribution in [0.2, 0.25) is 0 Å². The smallest absolute Gasteiger partial charge is 0.266 e. The van der Waals surface area contributed by atoms with Crippen LogP contribution >= 0.6 is 24.0 Å². The largest absolute Gasteiger partial charge is 0.304 e. The first-order chi connectivity index (χ1) is 11.0. The number of hydrogen-bond donors (Lipinski definition) is 0. The van der Waals surface area contributed by atoms with Gasteiger partial charge in [-0.1, -0.05) is 50.0 Å². The number of hydrogen-bond acceptors (Lipinski definition) is 4. The van der Waals surface area contributed by atoms with E-state index in [9.17, 15) is 9.18 Å². The molecule has 0 bridgehead atoms. The van der Waals surface area contributed by atoms with E-state index in [-0.39, 0.29) is 11.7 Å². The molecule has 1 heterocycles. The van der Waals surface area contributed by atoms with Crippen molar-refractivity contribution in [2.24, 2.45) is 0 Å². The molecule has 0 saturated carbocycles. The minimum atomic E-state index is -0.286. The summed E-state index contributed by atoms with van der Waals surface area (Å²) in [7, 11) is 0. The van der Waals surface area contributed by atoms with Crippen LogP contribution in [0, 0.1) is 5.82 Å². The molecule has 1 fully saturated rings. The second kappa shape index (κ2) is 8.57. The van der Waals surface area contributed by atoms with Crippen molar-refractivity contribution in [3.8, 4) is 0 Å². The Bertz CT molecular complexity index is 597. The number of thiocarbonyl (C=S) groups is 1. The number of carbonyl (C=O) groups is 1. The molecule has 1 aromatic carbocycles. The molecular weight excluding hydrogens is 331 g/mol. The van der Waals surface area contributed by atoms with Gasteiger partial charge in [0.15, 0.2) is 0 Å². The minimum Gasteiger partial charge on any atom is -0.304 e. The molecule has 1 aromatic rings. The summed E-state index contributed by atoms with van der Waals surface area (Å²) < 4.78 is 13.5. The third kappa shape index (κ3) is 4.86. The Balaban J connectivity index is 1.98. The number of amides is 1. The average Bonchev–Trinajstić information content (AvgIpc) is 2.81. The fourth-order valence-electron chi connectivity index (χ4n) is 2.40. The number of carbonyl (C=O) groups excluding carboxylic acids is 1. The molecule has 0 spiro atoms. The van der Waals surface area contributed by atoms with Crippen molar-refractivity contribution in [3.05, 3.63) is 40.6 Å². The van der Waals surface area contributed by atoms with Crippen LogP contribution in [0.4, 0.5) is 4.39 Å². The van der Waals surface area contributed by atoms with Gasteiger partial charge in [0, 0.05) is 6.54 Å². The minimum absolute atomic E-state index is 0.0520. The molecule has 1 aliphatic rings. The maximum atomic E-state index is 12.9. The van der Waals surface area contributed by atoms with E-state index in [4.69, 9.17) is 12.2 Å². The topological polar surface area (TPSA) is 23.6 Å². The lowest BCUT2D eigenvalue weighted by molar-refractivity contribution is -0.122. The lowest BCUT2D eigenvalue weighted by atomic mass is 10.2. The molecule has 1 amide bonds. The summed E-state index contributed by atoms with van der Waals surface area (Å²) in [6, 6.07) is 6.08. The highest BCUT2D eigenvalue weighted by atomic mass is 32.2. The Hall–Kier alpha value is -1.24. The van der Waals surface area contributed by atoms with E-state index in [1.165, 1.54) is 23.9 Å². The van der Waals surface area contributed by atoms with Crippen molar-refractivity contribution in [1.29, 1.82) is 0 Å². The van der Waals surface area contributed by atoms with Gasteiger partial charge >= 0.3 is 0 Å². The Labute approximate surface area is 146 Å². The van der Waals surface area contributed by atoms with Gasteiger partial charge in [0.25, 0.3) is 5.91 Å². The molecule has 0 unspecified atom stereocenters. The van der Waals surface area contributed by atoms with Gasteiger partial charge < -0.3 is 4.90 Å². The number of halogens is 1. The average molecular weight is 352 g/mol. The van der Waals surface area contributed by atoms with Crippen molar-refractivity contribution in [1.82, 2.24) is 9.80 Å². The van der Waals surface area contributed by atoms with Gasteiger partial charge in [-0.3, -0.25) is 9.69 Å². The van der Waals surface area contributed by atoms with Crippen LogP contribution < -0.4 is 0 Å². The first-order valence-electron chi connectivity index (χ1n) is 7.78. The van der Waals surface area contributed by atoms with Crippen molar-refractivity contribution in [3.63, 3.8) is 0 Å². The van der Waals surface area contributed by atoms with Gasteiger partial charge in [0.1, 0.15) is 10.1 Å². The summed E-state index contributed by atoms with van der Waals surface area (Å²) in [5, 5.41) is 0. The van der Waals surface area contributed by atoms with E-state index < -0.39 is 0 Å². The third-order valence-electron chi connectivity index (χ3n) is 3.79. The van der Waals surface area contributed by atoms with E-state index in [0.29, 0.717) is 15.8 Å². The van der Waals surface area contributed by atoms with E-state index in [0.717, 1.165) is 31.6 Å². The van der Waals surface area contributed by atoms with Crippen molar-refractivity contribution < 1.29 is 9.18 Å². The highest BCUT2D eigenvalue weighted by Crippen LogP contribution is 2.32. The monoisotopic (exact) mass is 352 g/mol. The lowest BCUT2D eigenvalue weighted by Gasteiger charge is -2.20. The number of thioether (sulfide) groups is 1. The maximum absolute atomic E-state index is 12.9. The fourth-order valence-corrected chi connectivity index (χ4v) is 3.70. The SMILES string of the molecule is CCN(CC)CCCN1C(=O)/C(=C/c2ccc(F)cc2)SC1=S. The van der Waals surface area contributed by atoms with Crippen LogP contribution in [0.1, 0.15) is 25.8 Å². The van der Waals surface area contributed by atoms with Crippen LogP contribution in [0.5, 0.6) is 0 Å². The van der Waals surface area contributed by atoms with Crippen molar-refractivity contribution in [2.45, 2.75) is 20.3 Å². The van der Waals surface area contributed by atoms with Crippen LogP contribution in [0.15, 0.2) is 29.2 Å². The summed E-state index contributed by atoms with van der Waals surface area (Å²) in [6.45, 7) is 7.89. The van der Waals surface area contributed by atoms with Gasteiger partial charge in [0.05, 0.1) is 4.91 Å². The quantitative estimate of drug-likeness (QED) is 0.551. The second-order valence-electron chi connectivity index (χ2n) is 5.27.